The number of nitrogens with zero attached hydrogens (tertiary/aromatic N) is 8. The summed E-state index contributed by atoms with van der Waals surface area (Å²) in [5.41, 5.74) is 3.48. The van der Waals surface area contributed by atoms with Crippen molar-refractivity contribution in [1.82, 2.24) is 43.5 Å². The number of amides is 1. The second-order valence-electron chi connectivity index (χ2n) is 15.3. The molecule has 366 valence electrons. The fourth-order valence-electron chi connectivity index (χ4n) is 7.11. The molecule has 25 heteroatoms. The summed E-state index contributed by atoms with van der Waals surface area (Å²) in [7, 11) is 5.31. The van der Waals surface area contributed by atoms with Gasteiger partial charge in [0.1, 0.15) is 47.0 Å². The number of carbonyl (C=O) groups excluding carboxylic acids is 3. The number of ether oxygens (including phenoxy) is 2. The number of hydrogen-bond donors (Lipinski definition) is 3. The molecule has 0 saturated heterocycles. The first-order valence-electron chi connectivity index (χ1n) is 20.8. The van der Waals surface area contributed by atoms with E-state index < -0.39 is 94.0 Å². The van der Waals surface area contributed by atoms with Gasteiger partial charge in [-0.15, -0.1) is 0 Å². The predicted octanol–water partition coefficient (Wildman–Crippen LogP) is 2.55. The Morgan fingerprint density at radius 2 is 1.19 bits per heavy atom. The minimum absolute atomic E-state index is 0.0367. The van der Waals surface area contributed by atoms with Gasteiger partial charge in [0.2, 0.25) is 0 Å². The molecule has 3 atom stereocenters. The number of aromatic nitrogens is 8. The highest BCUT2D eigenvalue weighted by atomic mass is 19.4. The summed E-state index contributed by atoms with van der Waals surface area (Å²) in [6.07, 6.45) is 3.28. The summed E-state index contributed by atoms with van der Waals surface area (Å²) in [5.74, 6) is -5.65. The number of esters is 2. The van der Waals surface area contributed by atoms with E-state index in [1.54, 1.807) is 19.2 Å². The molecule has 6 aromatic heterocycles. The lowest BCUT2D eigenvalue weighted by Gasteiger charge is -2.22. The van der Waals surface area contributed by atoms with Crippen LogP contribution in [0, 0.1) is 11.6 Å². The number of halogens is 5. The Morgan fingerprint density at radius 1 is 0.714 bits per heavy atom. The molecule has 1 aromatic carbocycles. The quantitative estimate of drug-likeness (QED) is 0.111. The number of rotatable bonds is 13. The van der Waals surface area contributed by atoms with Crippen LogP contribution in [0.15, 0.2) is 105 Å². The molecule has 0 radical (unpaired) electrons. The average Bonchev–Trinajstić information content (AvgIpc) is 3.34. The van der Waals surface area contributed by atoms with Crippen molar-refractivity contribution in [1.29, 1.82) is 0 Å². The number of hydrogen-bond acceptors (Lipinski definition) is 15. The number of fused-ring (bicyclic) bond motifs is 2. The second kappa shape index (κ2) is 21.2. The lowest BCUT2D eigenvalue weighted by Crippen LogP contribution is -2.43. The summed E-state index contributed by atoms with van der Waals surface area (Å²) in [6.45, 7) is 1.23. The van der Waals surface area contributed by atoms with Crippen molar-refractivity contribution in [3.63, 3.8) is 0 Å². The maximum atomic E-state index is 14.8. The van der Waals surface area contributed by atoms with Gasteiger partial charge in [-0.3, -0.25) is 38.3 Å². The smallest absolute Gasteiger partial charge is 0.408 e. The summed E-state index contributed by atoms with van der Waals surface area (Å²) >= 11 is 0. The molecule has 0 saturated carbocycles. The Hall–Kier alpha value is -8.48. The zero-order valence-corrected chi connectivity index (χ0v) is 37.7. The highest BCUT2D eigenvalue weighted by Gasteiger charge is 2.38. The summed E-state index contributed by atoms with van der Waals surface area (Å²) in [4.78, 5) is 104. The van der Waals surface area contributed by atoms with Gasteiger partial charge in [0.15, 0.2) is 0 Å². The van der Waals surface area contributed by atoms with Crippen LogP contribution in [0.2, 0.25) is 0 Å². The van der Waals surface area contributed by atoms with E-state index in [1.165, 1.54) is 91.7 Å². The summed E-state index contributed by atoms with van der Waals surface area (Å²) in [5, 5.41) is 4.73. The average molecular weight is 976 g/mol. The standard InChI is InChI=1S/C28H25F5N6O5.C17H17N5O4/c1-4-21(28(31,32)33)36-15-10-17(29)23(18(30)11-15)24(40)37-19(26(42)44-3)9-14-5-6-22(35-12-14)39-25(41)16-7-8-34-13-20(16)38(2)27(39)43;1-21-13-9-19-6-5-11(13)15(23)22(17(21)25)14-4-3-10(8-20-14)7-12(18)16(24)26-2/h5-8,10-13,19,21,36H,4,9H2,1-3H3,(H,37,40);3-6,8-9,12H,7,18H2,1-2H3/t19-,21+;12-/m00/s1. The highest BCUT2D eigenvalue weighted by Crippen LogP contribution is 2.28. The van der Waals surface area contributed by atoms with E-state index in [2.05, 4.69) is 30.0 Å². The Kier molecular flexibility index (Phi) is 15.4. The van der Waals surface area contributed by atoms with Crippen LogP contribution in [0.25, 0.3) is 33.4 Å². The van der Waals surface area contributed by atoms with Gasteiger partial charge in [0, 0.05) is 51.0 Å². The molecule has 20 nitrogen and oxygen atoms in total. The number of carbonyl (C=O) groups is 3. The highest BCUT2D eigenvalue weighted by molar-refractivity contribution is 5.97. The molecule has 7 aromatic rings. The van der Waals surface area contributed by atoms with E-state index in [-0.39, 0.29) is 29.9 Å². The third kappa shape index (κ3) is 10.8. The number of alkyl halides is 3. The molecule has 0 unspecified atom stereocenters. The first-order valence-corrected chi connectivity index (χ1v) is 20.8. The van der Waals surface area contributed by atoms with Gasteiger partial charge < -0.3 is 25.8 Å². The topological polar surface area (TPSA) is 259 Å². The van der Waals surface area contributed by atoms with Crippen molar-refractivity contribution in [2.45, 2.75) is 50.5 Å². The minimum Gasteiger partial charge on any atom is -0.468 e. The number of nitrogens with one attached hydrogen (secondary N) is 2. The molecular formula is C45H42F5N11O9. The lowest BCUT2D eigenvalue weighted by atomic mass is 10.1. The van der Waals surface area contributed by atoms with E-state index in [0.29, 0.717) is 39.7 Å². The molecule has 7 rings (SSSR count). The SMILES string of the molecule is CC[C@@H](Nc1cc(F)c(C(=O)N[C@@H](Cc2ccc(-n3c(=O)c4ccncc4n(C)c3=O)nc2)C(=O)OC)c(F)c1)C(F)(F)F.COC(=O)[C@@H](N)Cc1ccc(-n2c(=O)c3ccncc3n(C)c2=O)nc1. The van der Waals surface area contributed by atoms with E-state index in [0.717, 1.165) is 16.2 Å². The Balaban J connectivity index is 0.000000262. The Morgan fingerprint density at radius 3 is 1.60 bits per heavy atom. The molecule has 0 fully saturated rings. The van der Waals surface area contributed by atoms with Crippen molar-refractivity contribution in [3.8, 4) is 11.6 Å². The fraction of sp³-hybridized carbons (Fsp3) is 0.267. The molecule has 0 aliphatic rings. The molecular weight excluding hydrogens is 934 g/mol. The molecule has 4 N–H and O–H groups in total. The van der Waals surface area contributed by atoms with Crippen LogP contribution in [0.1, 0.15) is 34.8 Å². The number of anilines is 1. The van der Waals surface area contributed by atoms with Crippen LogP contribution < -0.4 is 38.9 Å². The van der Waals surface area contributed by atoms with Gasteiger partial charge in [-0.2, -0.15) is 13.2 Å². The number of pyridine rings is 4. The number of aryl methyl sites for hydroxylation is 2. The van der Waals surface area contributed by atoms with E-state index in [1.807, 2.05) is 5.32 Å². The van der Waals surface area contributed by atoms with Crippen molar-refractivity contribution in [3.05, 3.63) is 156 Å². The largest absolute Gasteiger partial charge is 0.468 e. The van der Waals surface area contributed by atoms with Gasteiger partial charge in [0.25, 0.3) is 17.0 Å². The molecule has 70 heavy (non-hydrogen) atoms. The molecule has 0 bridgehead atoms. The number of methoxy groups -OCH3 is 2. The maximum absolute atomic E-state index is 14.8. The zero-order valence-electron chi connectivity index (χ0n) is 37.7. The Labute approximate surface area is 391 Å². The summed E-state index contributed by atoms with van der Waals surface area (Å²) in [6, 6.07) is 5.66. The van der Waals surface area contributed by atoms with Crippen molar-refractivity contribution >= 4 is 45.3 Å². The first kappa shape index (κ1) is 50.9. The predicted molar refractivity (Wildman–Crippen MR) is 242 cm³/mol. The van der Waals surface area contributed by atoms with Gasteiger partial charge in [-0.25, -0.2) is 42.3 Å². The van der Waals surface area contributed by atoms with Crippen LogP contribution >= 0.6 is 0 Å². The Bertz CT molecular complexity index is 3340. The molecule has 6 heterocycles. The van der Waals surface area contributed by atoms with Gasteiger partial charge in [-0.05, 0) is 60.4 Å². The monoisotopic (exact) mass is 975 g/mol. The van der Waals surface area contributed by atoms with E-state index in [4.69, 9.17) is 10.5 Å². The first-order chi connectivity index (χ1) is 33.2. The van der Waals surface area contributed by atoms with E-state index >= 15 is 0 Å². The third-order valence-electron chi connectivity index (χ3n) is 10.8. The normalized spacial score (nSPS) is 12.6. The van der Waals surface area contributed by atoms with Gasteiger partial charge >= 0.3 is 29.5 Å². The number of benzene rings is 1. The van der Waals surface area contributed by atoms with E-state index in [9.17, 15) is 55.5 Å². The molecule has 0 aliphatic carbocycles. The fourth-order valence-corrected chi connectivity index (χ4v) is 7.11. The second-order valence-corrected chi connectivity index (χ2v) is 15.3. The van der Waals surface area contributed by atoms with Crippen LogP contribution in [0.5, 0.6) is 0 Å². The van der Waals surface area contributed by atoms with Crippen molar-refractivity contribution < 1.29 is 45.8 Å². The maximum Gasteiger partial charge on any atom is 0.408 e. The zero-order chi connectivity index (χ0) is 51.2. The minimum atomic E-state index is -4.68. The molecule has 0 spiro atoms. The lowest BCUT2D eigenvalue weighted by molar-refractivity contribution is -0.143. The number of nitrogens with two attached hydrogens (primary N) is 1. The van der Waals surface area contributed by atoms with Crippen LogP contribution in [-0.2, 0) is 46.0 Å². The third-order valence-corrected chi connectivity index (χ3v) is 10.8. The van der Waals surface area contributed by atoms with Crippen LogP contribution in [-0.4, -0.2) is 94.6 Å². The van der Waals surface area contributed by atoms with Crippen LogP contribution in [0.4, 0.5) is 27.6 Å². The summed E-state index contributed by atoms with van der Waals surface area (Å²) < 4.78 is 82.4. The van der Waals surface area contributed by atoms with Crippen LogP contribution in [0.3, 0.4) is 0 Å². The van der Waals surface area contributed by atoms with Gasteiger partial charge in [-0.1, -0.05) is 19.1 Å². The van der Waals surface area contributed by atoms with Crippen molar-refractivity contribution in [2.75, 3.05) is 19.5 Å². The van der Waals surface area contributed by atoms with Gasteiger partial charge in [0.05, 0.1) is 48.4 Å². The van der Waals surface area contributed by atoms with Crippen molar-refractivity contribution in [2.24, 2.45) is 19.8 Å². The molecule has 1 amide bonds. The molecule has 0 aliphatic heterocycles.